The number of rotatable bonds is 10. The van der Waals surface area contributed by atoms with Crippen LogP contribution in [-0.4, -0.2) is 73.3 Å². The monoisotopic (exact) mass is 612 g/mol. The Morgan fingerprint density at radius 3 is 2.51 bits per heavy atom. The number of ether oxygens (including phenoxy) is 1. The molecule has 3 aliphatic rings. The number of halogens is 1. The first-order valence-corrected chi connectivity index (χ1v) is 15.1. The number of hydrogen-bond donors (Lipinski definition) is 1. The van der Waals surface area contributed by atoms with Gasteiger partial charge in [0.25, 0.3) is 0 Å². The van der Waals surface area contributed by atoms with E-state index in [9.17, 15) is 19.5 Å². The zero-order valence-electron chi connectivity index (χ0n) is 21.8. The Morgan fingerprint density at radius 1 is 1.23 bits per heavy atom. The second-order valence-corrected chi connectivity index (χ2v) is 13.0. The van der Waals surface area contributed by atoms with E-state index < -0.39 is 34.6 Å². The molecule has 3 aliphatic heterocycles. The lowest BCUT2D eigenvalue weighted by Crippen LogP contribution is -2.56. The first-order valence-electron chi connectivity index (χ1n) is 13.3. The Bertz CT molecular complexity index is 1230. The van der Waals surface area contributed by atoms with Gasteiger partial charge in [0.2, 0.25) is 11.8 Å². The third kappa shape index (κ3) is 4.72. The van der Waals surface area contributed by atoms with E-state index in [1.807, 2.05) is 60.7 Å². The number of amides is 2. The van der Waals surface area contributed by atoms with Gasteiger partial charge in [0.15, 0.2) is 0 Å². The highest BCUT2D eigenvalue weighted by Gasteiger charge is 2.76. The molecular formula is C30H33BrN2O5S. The molecule has 2 aromatic rings. The SMILES string of the molecule is C=CCN(Cc1ccccc1)C(=O)C1N([C@H](CO)c2ccccc2)C(=O)[C@@H]2[C@H](C(=O)OCC)[C@H]3SC12CC3Br. The van der Waals surface area contributed by atoms with Crippen molar-refractivity contribution in [3.8, 4) is 0 Å². The first-order chi connectivity index (χ1) is 18.9. The molecule has 5 rings (SSSR count). The predicted molar refractivity (Wildman–Crippen MR) is 154 cm³/mol. The molecule has 7 nitrogen and oxygen atoms in total. The molecule has 0 aliphatic carbocycles. The van der Waals surface area contributed by atoms with Crippen LogP contribution in [0.1, 0.15) is 30.5 Å². The molecule has 3 saturated heterocycles. The quantitative estimate of drug-likeness (QED) is 0.248. The van der Waals surface area contributed by atoms with Crippen molar-refractivity contribution in [2.75, 3.05) is 19.8 Å². The standard InChI is InChI=1S/C30H33BrN2O5S/c1-3-15-32(17-19-11-7-5-8-12-19)28(36)26-30-16-21(31)25(39-30)23(29(37)38-4-2)24(30)27(35)33(26)22(18-34)20-13-9-6-10-14-20/h3,5-14,21-26,34H,1,4,15-18H2,2H3/t21?,22-,23+,24+,25+,26?,30?/m1/s1. The molecule has 2 amide bonds. The van der Waals surface area contributed by atoms with Gasteiger partial charge < -0.3 is 19.6 Å². The zero-order chi connectivity index (χ0) is 27.7. The molecule has 9 heteroatoms. The minimum Gasteiger partial charge on any atom is -0.466 e. The van der Waals surface area contributed by atoms with Crippen molar-refractivity contribution in [1.29, 1.82) is 0 Å². The van der Waals surface area contributed by atoms with Gasteiger partial charge in [0.1, 0.15) is 6.04 Å². The summed E-state index contributed by atoms with van der Waals surface area (Å²) in [6, 6.07) is 17.4. The van der Waals surface area contributed by atoms with Crippen molar-refractivity contribution in [3.05, 3.63) is 84.4 Å². The molecule has 3 unspecified atom stereocenters. The fourth-order valence-electron chi connectivity index (χ4n) is 6.58. The number of thioether (sulfide) groups is 1. The van der Waals surface area contributed by atoms with Crippen LogP contribution in [0, 0.1) is 11.8 Å². The summed E-state index contributed by atoms with van der Waals surface area (Å²) in [5.41, 5.74) is 1.70. The van der Waals surface area contributed by atoms with Crippen molar-refractivity contribution in [2.45, 2.75) is 46.8 Å². The highest BCUT2D eigenvalue weighted by Crippen LogP contribution is 2.68. The topological polar surface area (TPSA) is 87.2 Å². The summed E-state index contributed by atoms with van der Waals surface area (Å²) in [5.74, 6) is -2.27. The molecule has 2 bridgehead atoms. The molecule has 1 spiro atoms. The Hall–Kier alpha value is -2.62. The minimum absolute atomic E-state index is 0.0533. The fourth-order valence-corrected chi connectivity index (χ4v) is 10.2. The molecule has 7 atom stereocenters. The lowest BCUT2D eigenvalue weighted by atomic mass is 9.71. The predicted octanol–water partition coefficient (Wildman–Crippen LogP) is 3.96. The van der Waals surface area contributed by atoms with Crippen LogP contribution in [0.25, 0.3) is 0 Å². The number of nitrogens with zero attached hydrogens (tertiary/aromatic N) is 2. The number of aliphatic hydroxyl groups excluding tert-OH is 1. The van der Waals surface area contributed by atoms with Gasteiger partial charge in [-0.25, -0.2) is 0 Å². The normalized spacial score (nSPS) is 29.7. The molecule has 206 valence electrons. The molecule has 0 saturated carbocycles. The van der Waals surface area contributed by atoms with Crippen molar-refractivity contribution >= 4 is 45.5 Å². The first kappa shape index (κ1) is 27.9. The highest BCUT2D eigenvalue weighted by molar-refractivity contribution is 9.09. The Balaban J connectivity index is 1.62. The summed E-state index contributed by atoms with van der Waals surface area (Å²) in [5, 5.41) is 10.5. The lowest BCUT2D eigenvalue weighted by Gasteiger charge is -2.40. The van der Waals surface area contributed by atoms with Crippen LogP contribution in [0.2, 0.25) is 0 Å². The van der Waals surface area contributed by atoms with Crippen LogP contribution >= 0.6 is 27.7 Å². The second-order valence-electron chi connectivity index (χ2n) is 10.3. The highest BCUT2D eigenvalue weighted by atomic mass is 79.9. The van der Waals surface area contributed by atoms with E-state index >= 15 is 0 Å². The van der Waals surface area contributed by atoms with Crippen LogP contribution in [-0.2, 0) is 25.7 Å². The average Bonchev–Trinajstić information content (AvgIpc) is 3.53. The third-order valence-corrected chi connectivity index (χ3v) is 11.3. The lowest BCUT2D eigenvalue weighted by molar-refractivity contribution is -0.154. The largest absolute Gasteiger partial charge is 0.466 e. The van der Waals surface area contributed by atoms with Gasteiger partial charge in [-0.2, -0.15) is 0 Å². The Morgan fingerprint density at radius 2 is 1.90 bits per heavy atom. The summed E-state index contributed by atoms with van der Waals surface area (Å²) in [4.78, 5) is 45.5. The maximum atomic E-state index is 14.6. The van der Waals surface area contributed by atoms with Crippen LogP contribution in [0.15, 0.2) is 73.3 Å². The number of carbonyl (C=O) groups is 3. The molecular weight excluding hydrogens is 580 g/mol. The molecule has 3 heterocycles. The van der Waals surface area contributed by atoms with E-state index in [2.05, 4.69) is 22.5 Å². The molecule has 0 radical (unpaired) electrons. The van der Waals surface area contributed by atoms with Gasteiger partial charge >= 0.3 is 5.97 Å². The molecule has 3 fully saturated rings. The summed E-state index contributed by atoms with van der Waals surface area (Å²) >= 11 is 5.34. The van der Waals surface area contributed by atoms with Crippen molar-refractivity contribution < 1.29 is 24.2 Å². The third-order valence-electron chi connectivity index (χ3n) is 8.09. The maximum absolute atomic E-state index is 14.6. The Kier molecular flexibility index (Phi) is 8.21. The van der Waals surface area contributed by atoms with E-state index in [1.165, 1.54) is 0 Å². The van der Waals surface area contributed by atoms with E-state index in [1.54, 1.807) is 34.6 Å². The number of hydrogen-bond acceptors (Lipinski definition) is 6. The van der Waals surface area contributed by atoms with E-state index in [0.29, 0.717) is 19.5 Å². The van der Waals surface area contributed by atoms with E-state index in [4.69, 9.17) is 4.74 Å². The molecule has 39 heavy (non-hydrogen) atoms. The van der Waals surface area contributed by atoms with Gasteiger partial charge in [-0.1, -0.05) is 82.7 Å². The van der Waals surface area contributed by atoms with Gasteiger partial charge in [-0.15, -0.1) is 18.3 Å². The van der Waals surface area contributed by atoms with Crippen molar-refractivity contribution in [1.82, 2.24) is 9.80 Å². The number of aliphatic hydroxyl groups is 1. The van der Waals surface area contributed by atoms with Gasteiger partial charge in [-0.05, 0) is 24.5 Å². The van der Waals surface area contributed by atoms with Crippen molar-refractivity contribution in [2.24, 2.45) is 11.8 Å². The summed E-state index contributed by atoms with van der Waals surface area (Å²) in [6.45, 7) is 6.15. The number of alkyl halides is 1. The molecule has 2 aromatic carbocycles. The number of benzene rings is 2. The zero-order valence-corrected chi connectivity index (χ0v) is 24.2. The average molecular weight is 614 g/mol. The summed E-state index contributed by atoms with van der Waals surface area (Å²) in [7, 11) is 0. The summed E-state index contributed by atoms with van der Waals surface area (Å²) in [6.07, 6.45) is 2.24. The van der Waals surface area contributed by atoms with Gasteiger partial charge in [0, 0.05) is 23.2 Å². The van der Waals surface area contributed by atoms with E-state index in [0.717, 1.165) is 11.1 Å². The minimum atomic E-state index is -0.870. The number of fused-ring (bicyclic) bond motifs is 1. The van der Waals surface area contributed by atoms with E-state index in [-0.39, 0.29) is 35.1 Å². The van der Waals surface area contributed by atoms with Crippen molar-refractivity contribution in [3.63, 3.8) is 0 Å². The smallest absolute Gasteiger partial charge is 0.310 e. The van der Waals surface area contributed by atoms with Crippen LogP contribution in [0.4, 0.5) is 0 Å². The fraction of sp³-hybridized carbons (Fsp3) is 0.433. The number of likely N-dealkylation sites (tertiary alicyclic amines) is 1. The Labute approximate surface area is 241 Å². The number of esters is 1. The van der Waals surface area contributed by atoms with Crippen LogP contribution in [0.3, 0.4) is 0 Å². The summed E-state index contributed by atoms with van der Waals surface area (Å²) < 4.78 is 4.61. The van der Waals surface area contributed by atoms with Crippen LogP contribution in [0.5, 0.6) is 0 Å². The van der Waals surface area contributed by atoms with Gasteiger partial charge in [-0.3, -0.25) is 14.4 Å². The van der Waals surface area contributed by atoms with Crippen LogP contribution < -0.4 is 0 Å². The number of carbonyl (C=O) groups excluding carboxylic acids is 3. The second kappa shape index (κ2) is 11.5. The van der Waals surface area contributed by atoms with Gasteiger partial charge in [0.05, 0.1) is 35.8 Å². The maximum Gasteiger partial charge on any atom is 0.310 e. The molecule has 1 N–H and O–H groups in total. The molecule has 0 aromatic heterocycles.